The summed E-state index contributed by atoms with van der Waals surface area (Å²) < 4.78 is 5.48. The van der Waals surface area contributed by atoms with Crippen LogP contribution < -0.4 is 0 Å². The minimum absolute atomic E-state index is 0.122. The highest BCUT2D eigenvalue weighted by Crippen LogP contribution is 2.32. The lowest BCUT2D eigenvalue weighted by Gasteiger charge is -2.37. The number of aromatic carboxylic acids is 1. The van der Waals surface area contributed by atoms with Crippen LogP contribution in [0.2, 0.25) is 0 Å². The van der Waals surface area contributed by atoms with Crippen LogP contribution in [0.5, 0.6) is 0 Å². The number of hydrogen-bond donors (Lipinski definition) is 1. The second-order valence-electron chi connectivity index (χ2n) is 6.62. The third kappa shape index (κ3) is 4.00. The molecular weight excluding hydrogens is 282 g/mol. The summed E-state index contributed by atoms with van der Waals surface area (Å²) in [7, 11) is 0. The van der Waals surface area contributed by atoms with Crippen LogP contribution >= 0.6 is 0 Å². The van der Waals surface area contributed by atoms with Crippen molar-refractivity contribution >= 4 is 12.1 Å². The SMILES string of the molecule is CC(C)(C)OC(=O)N1CCCC[C@@H]1c1cccc(C(=O)O)c1. The first-order valence-corrected chi connectivity index (χ1v) is 7.61. The molecule has 0 aromatic heterocycles. The molecule has 0 spiro atoms. The molecule has 0 radical (unpaired) electrons. The molecule has 1 aromatic carbocycles. The Hall–Kier alpha value is -2.04. The zero-order chi connectivity index (χ0) is 16.3. The van der Waals surface area contributed by atoms with Gasteiger partial charge in [-0.1, -0.05) is 12.1 Å². The summed E-state index contributed by atoms with van der Waals surface area (Å²) in [5.41, 5.74) is 0.555. The van der Waals surface area contributed by atoms with E-state index in [1.54, 1.807) is 23.1 Å². The van der Waals surface area contributed by atoms with Crippen molar-refractivity contribution < 1.29 is 19.4 Å². The molecule has 1 aliphatic rings. The van der Waals surface area contributed by atoms with Crippen LogP contribution in [0.15, 0.2) is 24.3 Å². The third-order valence-corrected chi connectivity index (χ3v) is 3.65. The van der Waals surface area contributed by atoms with Gasteiger partial charge in [-0.05, 0) is 57.7 Å². The fourth-order valence-corrected chi connectivity index (χ4v) is 2.70. The van der Waals surface area contributed by atoms with Gasteiger partial charge in [-0.25, -0.2) is 9.59 Å². The molecule has 1 aromatic rings. The number of piperidine rings is 1. The number of benzene rings is 1. The molecule has 1 aliphatic heterocycles. The molecule has 1 fully saturated rings. The number of carbonyl (C=O) groups is 2. The molecule has 5 heteroatoms. The molecule has 2 rings (SSSR count). The van der Waals surface area contributed by atoms with Gasteiger partial charge in [0.2, 0.25) is 0 Å². The summed E-state index contributed by atoms with van der Waals surface area (Å²) in [5.74, 6) is -0.957. The van der Waals surface area contributed by atoms with E-state index in [1.807, 2.05) is 26.8 Å². The van der Waals surface area contributed by atoms with Crippen molar-refractivity contribution in [3.8, 4) is 0 Å². The van der Waals surface area contributed by atoms with Crippen LogP contribution in [0.3, 0.4) is 0 Å². The van der Waals surface area contributed by atoms with Gasteiger partial charge >= 0.3 is 12.1 Å². The van der Waals surface area contributed by atoms with Gasteiger partial charge in [-0.15, -0.1) is 0 Å². The van der Waals surface area contributed by atoms with Crippen LogP contribution in [0, 0.1) is 0 Å². The predicted octanol–water partition coefficient (Wildman–Crippen LogP) is 3.85. The molecular formula is C17H23NO4. The van der Waals surface area contributed by atoms with Crippen LogP contribution in [0.25, 0.3) is 0 Å². The maximum atomic E-state index is 12.4. The molecule has 0 aliphatic carbocycles. The summed E-state index contributed by atoms with van der Waals surface area (Å²) in [5, 5.41) is 9.13. The number of likely N-dealkylation sites (tertiary alicyclic amines) is 1. The molecule has 0 saturated carbocycles. The van der Waals surface area contributed by atoms with Gasteiger partial charge in [0.05, 0.1) is 11.6 Å². The summed E-state index contributed by atoms with van der Waals surface area (Å²) in [6.07, 6.45) is 2.44. The maximum absolute atomic E-state index is 12.4. The van der Waals surface area contributed by atoms with Crippen molar-refractivity contribution in [1.82, 2.24) is 4.90 Å². The Morgan fingerprint density at radius 1 is 1.27 bits per heavy atom. The summed E-state index contributed by atoms with van der Waals surface area (Å²) in [4.78, 5) is 25.3. The predicted molar refractivity (Wildman–Crippen MR) is 82.9 cm³/mol. The number of nitrogens with zero attached hydrogens (tertiary/aromatic N) is 1. The Balaban J connectivity index is 2.24. The first-order chi connectivity index (χ1) is 10.3. The molecule has 5 nitrogen and oxygen atoms in total. The topological polar surface area (TPSA) is 66.8 Å². The molecule has 1 amide bonds. The number of amides is 1. The largest absolute Gasteiger partial charge is 0.478 e. The van der Waals surface area contributed by atoms with E-state index >= 15 is 0 Å². The highest BCUT2D eigenvalue weighted by atomic mass is 16.6. The Labute approximate surface area is 130 Å². The quantitative estimate of drug-likeness (QED) is 0.901. The number of hydrogen-bond acceptors (Lipinski definition) is 3. The van der Waals surface area contributed by atoms with E-state index in [0.29, 0.717) is 6.54 Å². The Kier molecular flexibility index (Phi) is 4.74. The lowest BCUT2D eigenvalue weighted by Crippen LogP contribution is -2.41. The molecule has 1 heterocycles. The van der Waals surface area contributed by atoms with Gasteiger partial charge in [-0.2, -0.15) is 0 Å². The summed E-state index contributed by atoms with van der Waals surface area (Å²) >= 11 is 0. The van der Waals surface area contributed by atoms with Crippen LogP contribution in [-0.2, 0) is 4.74 Å². The van der Waals surface area contributed by atoms with E-state index in [1.165, 1.54) is 0 Å². The average molecular weight is 305 g/mol. The van der Waals surface area contributed by atoms with Gasteiger partial charge in [0.1, 0.15) is 5.60 Å². The lowest BCUT2D eigenvalue weighted by molar-refractivity contribution is 0.00951. The second-order valence-corrected chi connectivity index (χ2v) is 6.62. The molecule has 1 atom stereocenters. The smallest absolute Gasteiger partial charge is 0.410 e. The van der Waals surface area contributed by atoms with E-state index in [2.05, 4.69) is 0 Å². The first kappa shape index (κ1) is 16.3. The van der Waals surface area contributed by atoms with Gasteiger partial charge in [0, 0.05) is 6.54 Å². The van der Waals surface area contributed by atoms with Crippen molar-refractivity contribution in [2.75, 3.05) is 6.54 Å². The average Bonchev–Trinajstić information content (AvgIpc) is 2.45. The monoisotopic (exact) mass is 305 g/mol. The van der Waals surface area contributed by atoms with Crippen LogP contribution in [0.1, 0.15) is 62.0 Å². The maximum Gasteiger partial charge on any atom is 0.410 e. The minimum Gasteiger partial charge on any atom is -0.478 e. The van der Waals surface area contributed by atoms with Gasteiger partial charge in [0.25, 0.3) is 0 Å². The summed E-state index contributed by atoms with van der Waals surface area (Å²) in [6, 6.07) is 6.69. The molecule has 0 unspecified atom stereocenters. The van der Waals surface area contributed by atoms with Gasteiger partial charge in [0.15, 0.2) is 0 Å². The minimum atomic E-state index is -0.957. The Bertz CT molecular complexity index is 562. The van der Waals surface area contributed by atoms with Crippen LogP contribution in [0.4, 0.5) is 4.79 Å². The van der Waals surface area contributed by atoms with Crippen molar-refractivity contribution in [1.29, 1.82) is 0 Å². The molecule has 1 N–H and O–H groups in total. The van der Waals surface area contributed by atoms with Gasteiger partial charge in [-0.3, -0.25) is 0 Å². The van der Waals surface area contributed by atoms with Crippen molar-refractivity contribution in [2.24, 2.45) is 0 Å². The molecule has 22 heavy (non-hydrogen) atoms. The van der Waals surface area contributed by atoms with E-state index < -0.39 is 11.6 Å². The van der Waals surface area contributed by atoms with Crippen molar-refractivity contribution in [3.05, 3.63) is 35.4 Å². The van der Waals surface area contributed by atoms with E-state index in [0.717, 1.165) is 24.8 Å². The first-order valence-electron chi connectivity index (χ1n) is 7.61. The van der Waals surface area contributed by atoms with E-state index in [4.69, 9.17) is 9.84 Å². The molecule has 0 bridgehead atoms. The number of ether oxygens (including phenoxy) is 1. The molecule has 120 valence electrons. The number of carboxylic acids is 1. The Morgan fingerprint density at radius 2 is 2.00 bits per heavy atom. The zero-order valence-electron chi connectivity index (χ0n) is 13.3. The van der Waals surface area contributed by atoms with E-state index in [-0.39, 0.29) is 17.7 Å². The van der Waals surface area contributed by atoms with Gasteiger partial charge < -0.3 is 14.7 Å². The van der Waals surface area contributed by atoms with Crippen molar-refractivity contribution in [3.63, 3.8) is 0 Å². The normalized spacial score (nSPS) is 18.9. The fraction of sp³-hybridized carbons (Fsp3) is 0.529. The lowest BCUT2D eigenvalue weighted by atomic mass is 9.94. The van der Waals surface area contributed by atoms with Crippen LogP contribution in [-0.4, -0.2) is 34.2 Å². The highest BCUT2D eigenvalue weighted by Gasteiger charge is 2.31. The zero-order valence-corrected chi connectivity index (χ0v) is 13.3. The standard InChI is InChI=1S/C17H23NO4/c1-17(2,3)22-16(21)18-10-5-4-9-14(18)12-7-6-8-13(11-12)15(19)20/h6-8,11,14H,4-5,9-10H2,1-3H3,(H,19,20)/t14-/m1/s1. The summed E-state index contributed by atoms with van der Waals surface area (Å²) in [6.45, 7) is 6.16. The van der Waals surface area contributed by atoms with E-state index in [9.17, 15) is 9.59 Å². The Morgan fingerprint density at radius 3 is 2.64 bits per heavy atom. The molecule has 1 saturated heterocycles. The third-order valence-electron chi connectivity index (χ3n) is 3.65. The number of rotatable bonds is 2. The number of carboxylic acid groups (broad SMARTS) is 1. The second kappa shape index (κ2) is 6.38. The number of carbonyl (C=O) groups excluding carboxylic acids is 1. The highest BCUT2D eigenvalue weighted by molar-refractivity contribution is 5.87. The fourth-order valence-electron chi connectivity index (χ4n) is 2.70. The van der Waals surface area contributed by atoms with Crippen molar-refractivity contribution in [2.45, 2.75) is 51.7 Å².